The molecule has 2 heterocycles. The summed E-state index contributed by atoms with van der Waals surface area (Å²) in [6.07, 6.45) is -0.894. The standard InChI is InChI=1S/C25H34O7/c1-11-6-13-12-7-17-24(4)16(23(2,3)18(27)10-19(24)28)9-20(29)25(17,5)32-15(12)8-14(26)21(13)22(30)31-11/h8,11,16-20,26-29H,6-7,9-10H2,1-5H3. The Morgan fingerprint density at radius 2 is 1.62 bits per heavy atom. The van der Waals surface area contributed by atoms with E-state index in [0.717, 1.165) is 11.1 Å². The minimum Gasteiger partial charge on any atom is -0.507 e. The van der Waals surface area contributed by atoms with Crippen LogP contribution >= 0.6 is 0 Å². The van der Waals surface area contributed by atoms with Crippen LogP contribution in [0, 0.1) is 22.7 Å². The normalized spacial score (nSPS) is 44.3. The lowest BCUT2D eigenvalue weighted by atomic mass is 9.42. The van der Waals surface area contributed by atoms with Crippen molar-refractivity contribution in [3.63, 3.8) is 0 Å². The third kappa shape index (κ3) is 2.62. The topological polar surface area (TPSA) is 116 Å². The molecule has 4 N–H and O–H groups in total. The number of phenols is 1. The summed E-state index contributed by atoms with van der Waals surface area (Å²) in [6, 6.07) is 1.46. The number of aliphatic hydroxyl groups excluding tert-OH is 3. The molecule has 1 aromatic rings. The number of benzene rings is 1. The summed E-state index contributed by atoms with van der Waals surface area (Å²) in [5.74, 6) is -0.604. The van der Waals surface area contributed by atoms with Gasteiger partial charge in [0.05, 0.1) is 18.3 Å². The van der Waals surface area contributed by atoms with E-state index < -0.39 is 40.7 Å². The van der Waals surface area contributed by atoms with Crippen molar-refractivity contribution in [1.29, 1.82) is 0 Å². The van der Waals surface area contributed by atoms with E-state index in [1.54, 1.807) is 0 Å². The van der Waals surface area contributed by atoms with Crippen molar-refractivity contribution in [3.8, 4) is 11.5 Å². The molecule has 0 bridgehead atoms. The molecule has 8 atom stereocenters. The fourth-order valence-electron chi connectivity index (χ4n) is 7.45. The first-order chi connectivity index (χ1) is 14.8. The molecule has 7 heteroatoms. The average Bonchev–Trinajstić information content (AvgIpc) is 2.68. The Bertz CT molecular complexity index is 987. The van der Waals surface area contributed by atoms with Gasteiger partial charge in [-0.25, -0.2) is 4.79 Å². The van der Waals surface area contributed by atoms with Gasteiger partial charge in [0.1, 0.15) is 28.8 Å². The maximum Gasteiger partial charge on any atom is 0.342 e. The fourth-order valence-corrected chi connectivity index (χ4v) is 7.45. The van der Waals surface area contributed by atoms with E-state index >= 15 is 0 Å². The number of carbonyl (C=O) groups is 1. The maximum absolute atomic E-state index is 12.5. The fraction of sp³-hybridized carbons (Fsp3) is 0.720. The molecule has 5 rings (SSSR count). The zero-order valence-electron chi connectivity index (χ0n) is 19.4. The lowest BCUT2D eigenvalue weighted by Gasteiger charge is -2.66. The molecular formula is C25H34O7. The molecule has 176 valence electrons. The van der Waals surface area contributed by atoms with Crippen LogP contribution < -0.4 is 4.74 Å². The van der Waals surface area contributed by atoms with Crippen LogP contribution in [0.25, 0.3) is 0 Å². The van der Waals surface area contributed by atoms with Crippen LogP contribution in [-0.2, 0) is 17.6 Å². The first-order valence-corrected chi connectivity index (χ1v) is 11.6. The minimum atomic E-state index is -0.973. The molecule has 1 aromatic carbocycles. The Balaban J connectivity index is 1.68. The summed E-state index contributed by atoms with van der Waals surface area (Å²) in [7, 11) is 0. The number of rotatable bonds is 0. The SMILES string of the molecule is CC1Cc2c3c(cc(O)c2C(=O)O1)OC1(C)C(O)CC2C(C)(C)C(O)CC(O)C2(C)C1C3. The summed E-state index contributed by atoms with van der Waals surface area (Å²) in [5, 5.41) is 44.0. The summed E-state index contributed by atoms with van der Waals surface area (Å²) in [5.41, 5.74) is -0.306. The number of ether oxygens (including phenoxy) is 2. The van der Waals surface area contributed by atoms with E-state index in [1.807, 2.05) is 27.7 Å². The van der Waals surface area contributed by atoms with Crippen molar-refractivity contribution in [1.82, 2.24) is 0 Å². The third-order valence-corrected chi connectivity index (χ3v) is 9.47. The van der Waals surface area contributed by atoms with Gasteiger partial charge in [-0.3, -0.25) is 0 Å². The van der Waals surface area contributed by atoms with E-state index in [-0.39, 0.29) is 35.7 Å². The van der Waals surface area contributed by atoms with Gasteiger partial charge >= 0.3 is 5.97 Å². The number of fused-ring (bicyclic) bond motifs is 6. The number of hydrogen-bond acceptors (Lipinski definition) is 7. The van der Waals surface area contributed by atoms with Gasteiger partial charge in [0.25, 0.3) is 0 Å². The highest BCUT2D eigenvalue weighted by Gasteiger charge is 2.68. The van der Waals surface area contributed by atoms with Gasteiger partial charge in [0.15, 0.2) is 0 Å². The van der Waals surface area contributed by atoms with Gasteiger partial charge in [-0.15, -0.1) is 0 Å². The van der Waals surface area contributed by atoms with Crippen LogP contribution in [0.1, 0.15) is 68.9 Å². The predicted octanol–water partition coefficient (Wildman–Crippen LogP) is 2.34. The molecule has 8 unspecified atom stereocenters. The van der Waals surface area contributed by atoms with E-state index in [1.165, 1.54) is 6.07 Å². The predicted molar refractivity (Wildman–Crippen MR) is 116 cm³/mol. The first-order valence-electron chi connectivity index (χ1n) is 11.6. The third-order valence-electron chi connectivity index (χ3n) is 9.47. The molecule has 2 saturated carbocycles. The van der Waals surface area contributed by atoms with Gasteiger partial charge in [-0.2, -0.15) is 0 Å². The lowest BCUT2D eigenvalue weighted by Crippen LogP contribution is -2.72. The van der Waals surface area contributed by atoms with Crippen LogP contribution in [-0.4, -0.2) is 56.4 Å². The molecule has 4 aliphatic rings. The second kappa shape index (κ2) is 6.61. The van der Waals surface area contributed by atoms with Crippen molar-refractivity contribution in [2.75, 3.05) is 0 Å². The zero-order valence-corrected chi connectivity index (χ0v) is 19.4. The second-order valence-corrected chi connectivity index (χ2v) is 11.4. The summed E-state index contributed by atoms with van der Waals surface area (Å²) < 4.78 is 11.8. The Morgan fingerprint density at radius 3 is 2.31 bits per heavy atom. The van der Waals surface area contributed by atoms with E-state index in [9.17, 15) is 25.2 Å². The number of esters is 1. The minimum absolute atomic E-state index is 0.121. The number of carbonyl (C=O) groups excluding carboxylic acids is 1. The molecule has 0 saturated heterocycles. The monoisotopic (exact) mass is 446 g/mol. The Hall–Kier alpha value is -1.83. The molecule has 2 fully saturated rings. The number of phenolic OH excluding ortho intramolecular Hbond substituents is 1. The molecule has 0 aromatic heterocycles. The Kier molecular flexibility index (Phi) is 4.54. The zero-order chi connectivity index (χ0) is 23.4. The summed E-state index contributed by atoms with van der Waals surface area (Å²) in [4.78, 5) is 12.5. The average molecular weight is 447 g/mol. The van der Waals surface area contributed by atoms with Crippen LogP contribution in [0.3, 0.4) is 0 Å². The highest BCUT2D eigenvalue weighted by molar-refractivity contribution is 5.96. The molecule has 0 radical (unpaired) electrons. The molecular weight excluding hydrogens is 412 g/mol. The van der Waals surface area contributed by atoms with Gasteiger partial charge in [-0.1, -0.05) is 20.8 Å². The van der Waals surface area contributed by atoms with Crippen molar-refractivity contribution in [2.24, 2.45) is 22.7 Å². The number of cyclic esters (lactones) is 1. The van der Waals surface area contributed by atoms with Gasteiger partial charge < -0.3 is 29.9 Å². The maximum atomic E-state index is 12.5. The number of aliphatic hydroxyl groups is 3. The smallest absolute Gasteiger partial charge is 0.342 e. The Labute approximate surface area is 188 Å². The molecule has 0 spiro atoms. The second-order valence-electron chi connectivity index (χ2n) is 11.4. The molecule has 0 amide bonds. The molecule has 2 aliphatic carbocycles. The number of hydrogen-bond donors (Lipinski definition) is 4. The summed E-state index contributed by atoms with van der Waals surface area (Å²) in [6.45, 7) is 9.78. The lowest BCUT2D eigenvalue weighted by molar-refractivity contribution is -0.263. The van der Waals surface area contributed by atoms with Gasteiger partial charge in [-0.05, 0) is 49.1 Å². The quantitative estimate of drug-likeness (QED) is 0.452. The highest BCUT2D eigenvalue weighted by Crippen LogP contribution is 2.65. The van der Waals surface area contributed by atoms with Crippen molar-refractivity contribution < 1.29 is 34.7 Å². The van der Waals surface area contributed by atoms with Crippen molar-refractivity contribution in [3.05, 3.63) is 22.8 Å². The van der Waals surface area contributed by atoms with Crippen LogP contribution in [0.4, 0.5) is 0 Å². The van der Waals surface area contributed by atoms with Crippen LogP contribution in [0.5, 0.6) is 11.5 Å². The highest BCUT2D eigenvalue weighted by atomic mass is 16.5. The van der Waals surface area contributed by atoms with Gasteiger partial charge in [0.2, 0.25) is 0 Å². The molecule has 2 aliphatic heterocycles. The number of aromatic hydroxyl groups is 1. The summed E-state index contributed by atoms with van der Waals surface area (Å²) >= 11 is 0. The van der Waals surface area contributed by atoms with Gasteiger partial charge in [0, 0.05) is 30.2 Å². The van der Waals surface area contributed by atoms with Crippen LogP contribution in [0.2, 0.25) is 0 Å². The van der Waals surface area contributed by atoms with Crippen LogP contribution in [0.15, 0.2) is 6.07 Å². The molecule has 7 nitrogen and oxygen atoms in total. The van der Waals surface area contributed by atoms with Crippen molar-refractivity contribution >= 4 is 5.97 Å². The Morgan fingerprint density at radius 1 is 0.938 bits per heavy atom. The van der Waals surface area contributed by atoms with Crippen molar-refractivity contribution in [2.45, 2.75) is 90.3 Å². The largest absolute Gasteiger partial charge is 0.507 e. The van der Waals surface area contributed by atoms with E-state index in [0.29, 0.717) is 25.0 Å². The molecule has 32 heavy (non-hydrogen) atoms. The van der Waals surface area contributed by atoms with E-state index in [4.69, 9.17) is 9.47 Å². The van der Waals surface area contributed by atoms with E-state index in [2.05, 4.69) is 6.92 Å². The first kappa shape index (κ1) is 22.0.